The lowest BCUT2D eigenvalue weighted by Crippen LogP contribution is -2.34. The van der Waals surface area contributed by atoms with Gasteiger partial charge in [-0.25, -0.2) is 0 Å². The van der Waals surface area contributed by atoms with Crippen LogP contribution in [0.2, 0.25) is 0 Å². The van der Waals surface area contributed by atoms with E-state index in [4.69, 9.17) is 4.74 Å². The van der Waals surface area contributed by atoms with E-state index in [1.807, 2.05) is 5.32 Å². The third kappa shape index (κ3) is 11.7. The molecule has 108 valence electrons. The molecule has 0 rings (SSSR count). The third-order valence-electron chi connectivity index (χ3n) is 2.39. The molecule has 0 aromatic heterocycles. The molecule has 1 unspecified atom stereocenters. The van der Waals surface area contributed by atoms with Gasteiger partial charge >= 0.3 is 12.1 Å². The first-order valence-electron chi connectivity index (χ1n) is 6.32. The molecule has 0 saturated carbocycles. The number of hydrogen-bond acceptors (Lipinski definition) is 3. The van der Waals surface area contributed by atoms with Crippen LogP contribution in [-0.4, -0.2) is 31.3 Å². The molecule has 0 radical (unpaired) electrons. The minimum atomic E-state index is -4.30. The highest BCUT2D eigenvalue weighted by molar-refractivity contribution is 5.71. The summed E-state index contributed by atoms with van der Waals surface area (Å²) in [5, 5.41) is 2.01. The van der Waals surface area contributed by atoms with Gasteiger partial charge in [0.15, 0.2) is 0 Å². The van der Waals surface area contributed by atoms with Crippen LogP contribution in [-0.2, 0) is 9.53 Å². The molecule has 0 aliphatic carbocycles. The van der Waals surface area contributed by atoms with Crippen LogP contribution in [0.25, 0.3) is 0 Å². The Kier molecular flexibility index (Phi) is 8.79. The first-order chi connectivity index (χ1) is 8.35. The average Bonchev–Trinajstić information content (AvgIpc) is 2.22. The number of halogens is 3. The standard InChI is InChI=1S/C12H22F3NO2/c1-3-4-5-6-7-10(2)18-11(17)8-16-9-12(13,14)15/h10,16H,3-9H2,1-2H3. The van der Waals surface area contributed by atoms with Crippen LogP contribution >= 0.6 is 0 Å². The van der Waals surface area contributed by atoms with Gasteiger partial charge in [-0.2, -0.15) is 13.2 Å². The highest BCUT2D eigenvalue weighted by Crippen LogP contribution is 2.12. The van der Waals surface area contributed by atoms with Gasteiger partial charge in [-0.1, -0.05) is 26.2 Å². The van der Waals surface area contributed by atoms with Crippen molar-refractivity contribution in [2.45, 2.75) is 58.2 Å². The molecule has 0 spiro atoms. The normalized spacial score (nSPS) is 13.4. The fourth-order valence-electron chi connectivity index (χ4n) is 1.49. The summed E-state index contributed by atoms with van der Waals surface area (Å²) in [5.74, 6) is -0.637. The van der Waals surface area contributed by atoms with E-state index in [1.54, 1.807) is 6.92 Å². The molecule has 6 heteroatoms. The predicted octanol–water partition coefficient (Wildman–Crippen LogP) is 3.04. The van der Waals surface area contributed by atoms with Crippen molar-refractivity contribution in [2.24, 2.45) is 0 Å². The Morgan fingerprint density at radius 1 is 1.28 bits per heavy atom. The smallest absolute Gasteiger partial charge is 0.401 e. The van der Waals surface area contributed by atoms with E-state index in [-0.39, 0.29) is 6.10 Å². The Balaban J connectivity index is 3.55. The molecule has 1 N–H and O–H groups in total. The molecular formula is C12H22F3NO2. The minimum absolute atomic E-state index is 0.234. The van der Waals surface area contributed by atoms with E-state index in [1.165, 1.54) is 0 Å². The molecule has 0 bridgehead atoms. The van der Waals surface area contributed by atoms with E-state index in [2.05, 4.69) is 6.92 Å². The Labute approximate surface area is 106 Å². The Hall–Kier alpha value is -0.780. The van der Waals surface area contributed by atoms with Crippen molar-refractivity contribution in [1.29, 1.82) is 0 Å². The summed E-state index contributed by atoms with van der Waals surface area (Å²) in [6, 6.07) is 0. The quantitative estimate of drug-likeness (QED) is 0.516. The topological polar surface area (TPSA) is 38.3 Å². The van der Waals surface area contributed by atoms with Crippen LogP contribution in [0.4, 0.5) is 13.2 Å². The van der Waals surface area contributed by atoms with Gasteiger partial charge in [0.1, 0.15) is 0 Å². The minimum Gasteiger partial charge on any atom is -0.462 e. The number of nitrogens with one attached hydrogen (secondary N) is 1. The van der Waals surface area contributed by atoms with E-state index in [9.17, 15) is 18.0 Å². The zero-order valence-corrected chi connectivity index (χ0v) is 11.0. The number of carbonyl (C=O) groups excluding carboxylic acids is 1. The van der Waals surface area contributed by atoms with Crippen LogP contribution in [0.5, 0.6) is 0 Å². The second kappa shape index (κ2) is 9.19. The van der Waals surface area contributed by atoms with Crippen molar-refractivity contribution >= 4 is 5.97 Å². The molecule has 0 fully saturated rings. The number of ether oxygens (including phenoxy) is 1. The van der Waals surface area contributed by atoms with Crippen LogP contribution in [0.3, 0.4) is 0 Å². The lowest BCUT2D eigenvalue weighted by Gasteiger charge is -2.14. The molecule has 18 heavy (non-hydrogen) atoms. The number of esters is 1. The molecular weight excluding hydrogens is 247 g/mol. The molecule has 0 aliphatic rings. The van der Waals surface area contributed by atoms with Crippen LogP contribution in [0, 0.1) is 0 Å². The molecule has 0 aromatic rings. The Morgan fingerprint density at radius 3 is 2.50 bits per heavy atom. The van der Waals surface area contributed by atoms with Crippen molar-refractivity contribution in [3.8, 4) is 0 Å². The zero-order valence-electron chi connectivity index (χ0n) is 11.0. The lowest BCUT2D eigenvalue weighted by atomic mass is 10.1. The van der Waals surface area contributed by atoms with E-state index in [0.29, 0.717) is 0 Å². The van der Waals surface area contributed by atoms with Crippen LogP contribution in [0.1, 0.15) is 46.0 Å². The van der Waals surface area contributed by atoms with E-state index in [0.717, 1.165) is 32.1 Å². The first kappa shape index (κ1) is 17.2. The predicted molar refractivity (Wildman–Crippen MR) is 63.2 cm³/mol. The van der Waals surface area contributed by atoms with Crippen molar-refractivity contribution in [3.05, 3.63) is 0 Å². The number of carbonyl (C=O) groups is 1. The Bertz CT molecular complexity index is 232. The summed E-state index contributed by atoms with van der Waals surface area (Å²) in [6.07, 6.45) is 0.561. The summed E-state index contributed by atoms with van der Waals surface area (Å²) in [5.41, 5.74) is 0. The fourth-order valence-corrected chi connectivity index (χ4v) is 1.49. The summed E-state index contributed by atoms with van der Waals surface area (Å²) in [7, 11) is 0. The zero-order chi connectivity index (χ0) is 14.0. The van der Waals surface area contributed by atoms with E-state index < -0.39 is 25.2 Å². The highest BCUT2D eigenvalue weighted by atomic mass is 19.4. The van der Waals surface area contributed by atoms with Crippen LogP contribution in [0.15, 0.2) is 0 Å². The first-order valence-corrected chi connectivity index (χ1v) is 6.32. The van der Waals surface area contributed by atoms with Gasteiger partial charge in [0, 0.05) is 0 Å². The maximum atomic E-state index is 11.8. The van der Waals surface area contributed by atoms with Gasteiger partial charge in [0.2, 0.25) is 0 Å². The molecule has 0 heterocycles. The second-order valence-electron chi connectivity index (χ2n) is 4.37. The molecule has 0 aromatic carbocycles. The van der Waals surface area contributed by atoms with Gasteiger partial charge in [0.25, 0.3) is 0 Å². The van der Waals surface area contributed by atoms with Crippen LogP contribution < -0.4 is 5.32 Å². The second-order valence-corrected chi connectivity index (χ2v) is 4.37. The SMILES string of the molecule is CCCCCCC(C)OC(=O)CNCC(F)(F)F. The van der Waals surface area contributed by atoms with Gasteiger partial charge in [-0.15, -0.1) is 0 Å². The van der Waals surface area contributed by atoms with Crippen molar-refractivity contribution < 1.29 is 22.7 Å². The summed E-state index contributed by atoms with van der Waals surface area (Å²) in [6.45, 7) is 2.29. The molecule has 0 aliphatic heterocycles. The monoisotopic (exact) mass is 269 g/mol. The highest BCUT2D eigenvalue weighted by Gasteiger charge is 2.26. The third-order valence-corrected chi connectivity index (χ3v) is 2.39. The number of unbranched alkanes of at least 4 members (excludes halogenated alkanes) is 3. The van der Waals surface area contributed by atoms with Gasteiger partial charge in [0.05, 0.1) is 19.2 Å². The fraction of sp³-hybridized carbons (Fsp3) is 0.917. The maximum absolute atomic E-state index is 11.8. The molecule has 3 nitrogen and oxygen atoms in total. The number of alkyl halides is 3. The summed E-state index contributed by atoms with van der Waals surface area (Å²) in [4.78, 5) is 11.2. The summed E-state index contributed by atoms with van der Waals surface area (Å²) < 4.78 is 40.4. The van der Waals surface area contributed by atoms with E-state index >= 15 is 0 Å². The van der Waals surface area contributed by atoms with Gasteiger partial charge in [-0.3, -0.25) is 10.1 Å². The van der Waals surface area contributed by atoms with Gasteiger partial charge in [-0.05, 0) is 19.8 Å². The van der Waals surface area contributed by atoms with Crippen molar-refractivity contribution in [1.82, 2.24) is 5.32 Å². The number of rotatable bonds is 9. The average molecular weight is 269 g/mol. The largest absolute Gasteiger partial charge is 0.462 e. The molecule has 0 amide bonds. The summed E-state index contributed by atoms with van der Waals surface area (Å²) >= 11 is 0. The van der Waals surface area contributed by atoms with Crippen molar-refractivity contribution in [2.75, 3.05) is 13.1 Å². The van der Waals surface area contributed by atoms with Crippen molar-refractivity contribution in [3.63, 3.8) is 0 Å². The van der Waals surface area contributed by atoms with Gasteiger partial charge < -0.3 is 4.74 Å². The maximum Gasteiger partial charge on any atom is 0.401 e. The number of hydrogen-bond donors (Lipinski definition) is 1. The Morgan fingerprint density at radius 2 is 1.94 bits per heavy atom. The lowest BCUT2D eigenvalue weighted by molar-refractivity contribution is -0.149. The molecule has 1 atom stereocenters. The molecule has 0 saturated heterocycles.